The number of alkyl halides is 3. The first-order chi connectivity index (χ1) is 13.8. The fourth-order valence-electron chi connectivity index (χ4n) is 2.55. The fraction of sp³-hybridized carbons (Fsp3) is 0.150. The van der Waals surface area contributed by atoms with Crippen molar-refractivity contribution < 1.29 is 18.0 Å². The molecule has 0 unspecified atom stereocenters. The van der Waals surface area contributed by atoms with Crippen LogP contribution < -0.4 is 5.32 Å². The molecule has 150 valence electrons. The van der Waals surface area contributed by atoms with Crippen LogP contribution in [0.5, 0.6) is 0 Å². The molecule has 2 aromatic carbocycles. The third kappa shape index (κ3) is 5.92. The van der Waals surface area contributed by atoms with Crippen molar-refractivity contribution in [2.45, 2.75) is 19.3 Å². The second-order valence-electron chi connectivity index (χ2n) is 6.20. The van der Waals surface area contributed by atoms with Crippen LogP contribution in [0, 0.1) is 0 Å². The van der Waals surface area contributed by atoms with Crippen molar-refractivity contribution >= 4 is 23.6 Å². The predicted molar refractivity (Wildman–Crippen MR) is 103 cm³/mol. The van der Waals surface area contributed by atoms with E-state index in [4.69, 9.17) is 11.6 Å². The van der Waals surface area contributed by atoms with Gasteiger partial charge in [0.25, 0.3) is 0 Å². The van der Waals surface area contributed by atoms with E-state index in [0.29, 0.717) is 13.1 Å². The maximum absolute atomic E-state index is 12.9. The molecule has 0 spiro atoms. The zero-order chi connectivity index (χ0) is 20.9. The molecule has 29 heavy (non-hydrogen) atoms. The van der Waals surface area contributed by atoms with Crippen molar-refractivity contribution in [3.63, 3.8) is 0 Å². The molecule has 0 aliphatic rings. The van der Waals surface area contributed by atoms with Crippen LogP contribution in [-0.4, -0.2) is 20.7 Å². The van der Waals surface area contributed by atoms with Gasteiger partial charge < -0.3 is 5.32 Å². The monoisotopic (exact) mass is 420 g/mol. The lowest BCUT2D eigenvalue weighted by molar-refractivity contribution is -0.137. The molecule has 0 atom stereocenters. The Bertz CT molecular complexity index is 1000. The van der Waals surface area contributed by atoms with E-state index < -0.39 is 17.6 Å². The zero-order valence-electron chi connectivity index (χ0n) is 15.0. The van der Waals surface area contributed by atoms with E-state index >= 15 is 0 Å². The molecular formula is C20H16ClF3N4O. The number of amides is 1. The van der Waals surface area contributed by atoms with Crippen LogP contribution in [0.3, 0.4) is 0 Å². The van der Waals surface area contributed by atoms with Gasteiger partial charge in [0.1, 0.15) is 12.7 Å². The zero-order valence-corrected chi connectivity index (χ0v) is 15.8. The average molecular weight is 421 g/mol. The highest BCUT2D eigenvalue weighted by molar-refractivity contribution is 6.31. The number of nitrogens with zero attached hydrogens (tertiary/aromatic N) is 3. The van der Waals surface area contributed by atoms with Gasteiger partial charge in [-0.15, -0.1) is 0 Å². The normalized spacial score (nSPS) is 11.7. The molecule has 3 aromatic rings. The number of halogens is 4. The minimum absolute atomic E-state index is 0.231. The van der Waals surface area contributed by atoms with Gasteiger partial charge in [-0.1, -0.05) is 41.9 Å². The van der Waals surface area contributed by atoms with E-state index in [1.807, 2.05) is 24.3 Å². The molecule has 0 aliphatic heterocycles. The van der Waals surface area contributed by atoms with E-state index in [0.717, 1.165) is 23.3 Å². The molecule has 9 heteroatoms. The topological polar surface area (TPSA) is 59.8 Å². The Labute approximate surface area is 169 Å². The average Bonchev–Trinajstić information content (AvgIpc) is 3.19. The Kier molecular flexibility index (Phi) is 6.33. The van der Waals surface area contributed by atoms with Gasteiger partial charge in [-0.05, 0) is 34.9 Å². The third-order valence-electron chi connectivity index (χ3n) is 4.02. The summed E-state index contributed by atoms with van der Waals surface area (Å²) < 4.78 is 40.3. The standard InChI is InChI=1S/C20H16ClF3N4O/c21-18-7-5-14(9-17(18)20(22,23)24)6-8-19(29)26-10-15-1-3-16(4-2-15)11-28-13-25-12-27-28/h1-9,12-13H,10-11H2,(H,26,29)/b8-6+. The van der Waals surface area contributed by atoms with Crippen LogP contribution >= 0.6 is 11.6 Å². The van der Waals surface area contributed by atoms with Gasteiger partial charge in [-0.2, -0.15) is 18.3 Å². The summed E-state index contributed by atoms with van der Waals surface area (Å²) in [5.41, 5.74) is 1.22. The van der Waals surface area contributed by atoms with E-state index in [9.17, 15) is 18.0 Å². The van der Waals surface area contributed by atoms with Gasteiger partial charge in [-0.3, -0.25) is 4.79 Å². The van der Waals surface area contributed by atoms with E-state index in [2.05, 4.69) is 15.4 Å². The summed E-state index contributed by atoms with van der Waals surface area (Å²) in [5.74, 6) is -0.416. The SMILES string of the molecule is O=C(/C=C/c1ccc(Cl)c(C(F)(F)F)c1)NCc1ccc(Cn2cncn2)cc1. The number of carbonyl (C=O) groups is 1. The number of rotatable bonds is 6. The largest absolute Gasteiger partial charge is 0.417 e. The quantitative estimate of drug-likeness (QED) is 0.604. The van der Waals surface area contributed by atoms with Crippen molar-refractivity contribution in [3.8, 4) is 0 Å². The molecule has 1 heterocycles. The Morgan fingerprint density at radius 2 is 1.86 bits per heavy atom. The third-order valence-corrected chi connectivity index (χ3v) is 4.35. The van der Waals surface area contributed by atoms with Crippen LogP contribution in [0.1, 0.15) is 22.3 Å². The minimum Gasteiger partial charge on any atom is -0.348 e. The van der Waals surface area contributed by atoms with Gasteiger partial charge in [0.15, 0.2) is 0 Å². The highest BCUT2D eigenvalue weighted by atomic mass is 35.5. The summed E-state index contributed by atoms with van der Waals surface area (Å²) in [6.45, 7) is 0.886. The maximum Gasteiger partial charge on any atom is 0.417 e. The van der Waals surface area contributed by atoms with Gasteiger partial charge >= 0.3 is 6.18 Å². The highest BCUT2D eigenvalue weighted by Gasteiger charge is 2.33. The summed E-state index contributed by atoms with van der Waals surface area (Å²) in [7, 11) is 0. The number of aromatic nitrogens is 3. The van der Waals surface area contributed by atoms with Gasteiger partial charge in [-0.25, -0.2) is 9.67 Å². The van der Waals surface area contributed by atoms with Crippen LogP contribution in [0.15, 0.2) is 61.2 Å². The molecule has 0 saturated heterocycles. The number of hydrogen-bond donors (Lipinski definition) is 1. The number of carbonyl (C=O) groups excluding carboxylic acids is 1. The molecule has 1 amide bonds. The van der Waals surface area contributed by atoms with Gasteiger partial charge in [0, 0.05) is 12.6 Å². The van der Waals surface area contributed by atoms with Crippen molar-refractivity contribution in [1.29, 1.82) is 0 Å². The summed E-state index contributed by atoms with van der Waals surface area (Å²) in [6.07, 6.45) is 1.03. The molecule has 0 aliphatic carbocycles. The van der Waals surface area contributed by atoms with Gasteiger partial charge in [0.05, 0.1) is 17.1 Å². The Balaban J connectivity index is 1.54. The summed E-state index contributed by atoms with van der Waals surface area (Å²) >= 11 is 5.58. The molecule has 0 radical (unpaired) electrons. The first-order valence-electron chi connectivity index (χ1n) is 8.54. The minimum atomic E-state index is -4.55. The van der Waals surface area contributed by atoms with Crippen LogP contribution in [-0.2, 0) is 24.1 Å². The molecule has 0 bridgehead atoms. The van der Waals surface area contributed by atoms with E-state index in [1.54, 1.807) is 11.0 Å². The summed E-state index contributed by atoms with van der Waals surface area (Å²) in [4.78, 5) is 15.8. The van der Waals surface area contributed by atoms with Crippen LogP contribution in [0.2, 0.25) is 5.02 Å². The second kappa shape index (κ2) is 8.91. The van der Waals surface area contributed by atoms with Crippen molar-refractivity contribution in [2.75, 3.05) is 0 Å². The molecule has 0 fully saturated rings. The lowest BCUT2D eigenvalue weighted by Gasteiger charge is -2.09. The Morgan fingerprint density at radius 3 is 2.52 bits per heavy atom. The van der Waals surface area contributed by atoms with E-state index in [-0.39, 0.29) is 10.6 Å². The van der Waals surface area contributed by atoms with Crippen molar-refractivity contribution in [3.05, 3.63) is 88.5 Å². The highest BCUT2D eigenvalue weighted by Crippen LogP contribution is 2.35. The number of hydrogen-bond acceptors (Lipinski definition) is 3. The molecule has 1 N–H and O–H groups in total. The molecular weight excluding hydrogens is 405 g/mol. The fourth-order valence-corrected chi connectivity index (χ4v) is 2.77. The van der Waals surface area contributed by atoms with Crippen LogP contribution in [0.4, 0.5) is 13.2 Å². The predicted octanol–water partition coefficient (Wildman–Crippen LogP) is 4.33. The lowest BCUT2D eigenvalue weighted by Crippen LogP contribution is -2.20. The summed E-state index contributed by atoms with van der Waals surface area (Å²) in [6, 6.07) is 11.1. The van der Waals surface area contributed by atoms with Crippen molar-refractivity contribution in [1.82, 2.24) is 20.1 Å². The van der Waals surface area contributed by atoms with Gasteiger partial charge in [0.2, 0.25) is 5.91 Å². The smallest absolute Gasteiger partial charge is 0.348 e. The Morgan fingerprint density at radius 1 is 1.14 bits per heavy atom. The molecule has 5 nitrogen and oxygen atoms in total. The van der Waals surface area contributed by atoms with E-state index in [1.165, 1.54) is 24.5 Å². The molecule has 3 rings (SSSR count). The lowest BCUT2D eigenvalue weighted by atomic mass is 10.1. The molecule has 1 aromatic heterocycles. The first kappa shape index (κ1) is 20.6. The maximum atomic E-state index is 12.9. The molecule has 0 saturated carbocycles. The van der Waals surface area contributed by atoms with Crippen molar-refractivity contribution in [2.24, 2.45) is 0 Å². The summed E-state index contributed by atoms with van der Waals surface area (Å²) in [5, 5.41) is 6.34. The number of nitrogens with one attached hydrogen (secondary N) is 1. The second-order valence-corrected chi connectivity index (χ2v) is 6.60. The Hall–Kier alpha value is -3.13. The van der Waals surface area contributed by atoms with Crippen LogP contribution in [0.25, 0.3) is 6.08 Å². The number of benzene rings is 2. The first-order valence-corrected chi connectivity index (χ1v) is 8.92.